The number of piperidine rings is 1. The Balaban J connectivity index is 2.02. The average molecular weight is 348 g/mol. The van der Waals surface area contributed by atoms with E-state index < -0.39 is 27.7 Å². The van der Waals surface area contributed by atoms with Crippen LogP contribution in [0.4, 0.5) is 8.78 Å². The molecule has 9 heteroatoms. The Morgan fingerprint density at radius 2 is 2.26 bits per heavy atom. The maximum absolute atomic E-state index is 14.5. The molecule has 2 aliphatic rings. The van der Waals surface area contributed by atoms with Crippen molar-refractivity contribution in [2.75, 3.05) is 33.4 Å². The Bertz CT molecular complexity index is 700. The summed E-state index contributed by atoms with van der Waals surface area (Å²) in [6.45, 7) is 0.665. The zero-order chi connectivity index (χ0) is 16.7. The van der Waals surface area contributed by atoms with Gasteiger partial charge in [0.05, 0.1) is 18.6 Å². The van der Waals surface area contributed by atoms with Crippen LogP contribution in [0.2, 0.25) is 0 Å². The summed E-state index contributed by atoms with van der Waals surface area (Å²) in [5, 5.41) is 2.88. The molecule has 2 fully saturated rings. The molecule has 0 aliphatic carbocycles. The number of hydrogen-bond donors (Lipinski definition) is 1. The van der Waals surface area contributed by atoms with Crippen molar-refractivity contribution in [1.29, 1.82) is 0 Å². The van der Waals surface area contributed by atoms with E-state index in [2.05, 4.69) is 5.32 Å². The summed E-state index contributed by atoms with van der Waals surface area (Å²) in [5.41, 5.74) is -1.49. The Kier molecular flexibility index (Phi) is 4.30. The molecule has 0 saturated carbocycles. The summed E-state index contributed by atoms with van der Waals surface area (Å²) < 4.78 is 65.2. The van der Waals surface area contributed by atoms with Crippen molar-refractivity contribution in [3.63, 3.8) is 0 Å². The topological polar surface area (TPSA) is 67.9 Å². The molecule has 23 heavy (non-hydrogen) atoms. The van der Waals surface area contributed by atoms with E-state index in [9.17, 15) is 17.2 Å². The maximum Gasteiger partial charge on any atom is 0.245 e. The first-order valence-electron chi connectivity index (χ1n) is 7.27. The van der Waals surface area contributed by atoms with Crippen LogP contribution < -0.4 is 10.1 Å². The average Bonchev–Trinajstić information content (AvgIpc) is 2.96. The van der Waals surface area contributed by atoms with Crippen LogP contribution in [0.5, 0.6) is 5.75 Å². The third-order valence-corrected chi connectivity index (χ3v) is 6.17. The Labute approximate surface area is 133 Å². The largest absolute Gasteiger partial charge is 0.494 e. The molecule has 3 rings (SSSR count). The molecule has 0 bridgehead atoms. The second kappa shape index (κ2) is 5.97. The molecule has 2 atom stereocenters. The van der Waals surface area contributed by atoms with Gasteiger partial charge in [-0.05, 0) is 18.7 Å². The zero-order valence-electron chi connectivity index (χ0n) is 12.6. The Hall–Kier alpha value is -1.29. The standard InChI is InChI=1S/C14H18F2N2O4S/c1-21-12-8-10(2-3-11(12)15)23(19,20)18-6-7-22-14(18)4-5-17-9-13(14)16/h2-3,8,13,17H,4-7,9H2,1H3. The molecule has 1 aromatic rings. The maximum atomic E-state index is 14.5. The van der Waals surface area contributed by atoms with Crippen LogP contribution in [0.25, 0.3) is 0 Å². The summed E-state index contributed by atoms with van der Waals surface area (Å²) in [7, 11) is -2.79. The van der Waals surface area contributed by atoms with Crippen LogP contribution >= 0.6 is 0 Å². The van der Waals surface area contributed by atoms with Crippen molar-refractivity contribution in [3.8, 4) is 5.75 Å². The fraction of sp³-hybridized carbons (Fsp3) is 0.571. The normalized spacial score (nSPS) is 29.1. The highest BCUT2D eigenvalue weighted by atomic mass is 32.2. The van der Waals surface area contributed by atoms with Gasteiger partial charge in [-0.15, -0.1) is 0 Å². The second-order valence-electron chi connectivity index (χ2n) is 5.49. The third kappa shape index (κ3) is 2.61. The number of nitrogens with one attached hydrogen (secondary N) is 1. The number of methoxy groups -OCH3 is 1. The highest BCUT2D eigenvalue weighted by molar-refractivity contribution is 7.89. The Morgan fingerprint density at radius 1 is 1.48 bits per heavy atom. The molecule has 2 saturated heterocycles. The monoisotopic (exact) mass is 348 g/mol. The van der Waals surface area contributed by atoms with E-state index in [1.807, 2.05) is 0 Å². The van der Waals surface area contributed by atoms with E-state index in [4.69, 9.17) is 9.47 Å². The van der Waals surface area contributed by atoms with Crippen molar-refractivity contribution < 1.29 is 26.7 Å². The highest BCUT2D eigenvalue weighted by Gasteiger charge is 2.55. The van der Waals surface area contributed by atoms with E-state index >= 15 is 0 Å². The van der Waals surface area contributed by atoms with Crippen molar-refractivity contribution in [1.82, 2.24) is 9.62 Å². The number of hydrogen-bond acceptors (Lipinski definition) is 5. The van der Waals surface area contributed by atoms with Gasteiger partial charge in [-0.1, -0.05) is 0 Å². The first-order chi connectivity index (χ1) is 10.9. The van der Waals surface area contributed by atoms with E-state index in [0.29, 0.717) is 6.54 Å². The smallest absolute Gasteiger partial charge is 0.245 e. The molecule has 1 spiro atoms. The summed E-state index contributed by atoms with van der Waals surface area (Å²) in [6.07, 6.45) is -1.26. The second-order valence-corrected chi connectivity index (χ2v) is 7.35. The van der Waals surface area contributed by atoms with Crippen molar-refractivity contribution in [3.05, 3.63) is 24.0 Å². The lowest BCUT2D eigenvalue weighted by Gasteiger charge is -2.41. The van der Waals surface area contributed by atoms with E-state index in [1.165, 1.54) is 7.11 Å². The van der Waals surface area contributed by atoms with Gasteiger partial charge in [0.1, 0.15) is 0 Å². The number of rotatable bonds is 3. The Morgan fingerprint density at radius 3 is 2.96 bits per heavy atom. The molecule has 1 N–H and O–H groups in total. The van der Waals surface area contributed by atoms with Crippen LogP contribution in [0.3, 0.4) is 0 Å². The third-order valence-electron chi connectivity index (χ3n) is 4.25. The zero-order valence-corrected chi connectivity index (χ0v) is 13.4. The van der Waals surface area contributed by atoms with E-state index in [0.717, 1.165) is 22.5 Å². The summed E-state index contributed by atoms with van der Waals surface area (Å²) >= 11 is 0. The number of benzene rings is 1. The predicted molar refractivity (Wildman–Crippen MR) is 77.9 cm³/mol. The van der Waals surface area contributed by atoms with Gasteiger partial charge >= 0.3 is 0 Å². The molecule has 0 amide bonds. The van der Waals surface area contributed by atoms with Crippen LogP contribution in [0.1, 0.15) is 6.42 Å². The lowest BCUT2D eigenvalue weighted by molar-refractivity contribution is -0.120. The lowest BCUT2D eigenvalue weighted by atomic mass is 10.0. The van der Waals surface area contributed by atoms with Crippen LogP contribution in [-0.4, -0.2) is 58.0 Å². The summed E-state index contributed by atoms with van der Waals surface area (Å²) in [5.74, 6) is -0.841. The number of alkyl halides is 1. The van der Waals surface area contributed by atoms with Gasteiger partial charge in [-0.3, -0.25) is 0 Å². The van der Waals surface area contributed by atoms with Gasteiger partial charge in [0.2, 0.25) is 10.0 Å². The molecule has 2 aliphatic heterocycles. The summed E-state index contributed by atoms with van der Waals surface area (Å²) in [4.78, 5) is -0.147. The first kappa shape index (κ1) is 16.6. The first-order valence-corrected chi connectivity index (χ1v) is 8.71. The minimum absolute atomic E-state index is 0.0265. The van der Waals surface area contributed by atoms with Crippen molar-refractivity contribution >= 4 is 10.0 Å². The lowest BCUT2D eigenvalue weighted by Crippen LogP contribution is -2.61. The summed E-state index contributed by atoms with van der Waals surface area (Å²) in [6, 6.07) is 3.27. The molecule has 2 unspecified atom stereocenters. The number of sulfonamides is 1. The van der Waals surface area contributed by atoms with Gasteiger partial charge in [-0.25, -0.2) is 17.2 Å². The molecular formula is C14H18F2N2O4S. The van der Waals surface area contributed by atoms with Crippen LogP contribution in [0.15, 0.2) is 23.1 Å². The molecule has 6 nitrogen and oxygen atoms in total. The highest BCUT2D eigenvalue weighted by Crippen LogP contribution is 2.38. The van der Waals surface area contributed by atoms with Gasteiger partial charge in [-0.2, -0.15) is 4.31 Å². The molecule has 0 radical (unpaired) electrons. The number of nitrogens with zero attached hydrogens (tertiary/aromatic N) is 1. The SMILES string of the molecule is COc1cc(S(=O)(=O)N2CCOC23CCNCC3F)ccc1F. The van der Waals surface area contributed by atoms with E-state index in [1.54, 1.807) is 0 Å². The number of ether oxygens (including phenoxy) is 2. The predicted octanol–water partition coefficient (Wildman–Crippen LogP) is 0.883. The fourth-order valence-electron chi connectivity index (χ4n) is 3.07. The van der Waals surface area contributed by atoms with Crippen molar-refractivity contribution in [2.24, 2.45) is 0 Å². The minimum atomic E-state index is -4.04. The minimum Gasteiger partial charge on any atom is -0.494 e. The van der Waals surface area contributed by atoms with E-state index in [-0.39, 0.29) is 36.8 Å². The van der Waals surface area contributed by atoms with Crippen molar-refractivity contribution in [2.45, 2.75) is 23.2 Å². The van der Waals surface area contributed by atoms with Gasteiger partial charge in [0.25, 0.3) is 0 Å². The van der Waals surface area contributed by atoms with Gasteiger partial charge in [0, 0.05) is 25.6 Å². The van der Waals surface area contributed by atoms with Gasteiger partial charge < -0.3 is 14.8 Å². The molecule has 2 heterocycles. The fourth-order valence-corrected chi connectivity index (χ4v) is 4.80. The number of halogens is 2. The molecular weight excluding hydrogens is 330 g/mol. The quantitative estimate of drug-likeness (QED) is 0.878. The molecule has 128 valence electrons. The molecule has 0 aromatic heterocycles. The molecule has 1 aromatic carbocycles. The van der Waals surface area contributed by atoms with Gasteiger partial charge in [0.15, 0.2) is 23.5 Å². The van der Waals surface area contributed by atoms with Crippen LogP contribution in [-0.2, 0) is 14.8 Å². The van der Waals surface area contributed by atoms with Crippen LogP contribution in [0, 0.1) is 5.82 Å².